The van der Waals surface area contributed by atoms with Crippen LogP contribution in [0.25, 0.3) is 0 Å². The minimum atomic E-state index is -5.08. The van der Waals surface area contributed by atoms with Gasteiger partial charge in [0.15, 0.2) is 14.9 Å². The number of aliphatic carboxylic acids is 1. The van der Waals surface area contributed by atoms with E-state index >= 15 is 0 Å². The molecule has 0 spiro atoms. The van der Waals surface area contributed by atoms with Crippen LogP contribution in [0.1, 0.15) is 23.5 Å². The zero-order valence-electron chi connectivity index (χ0n) is 20.7. The van der Waals surface area contributed by atoms with Gasteiger partial charge in [-0.05, 0) is 35.6 Å². The standard InChI is InChI=1S/C21H28N4O5S2.C2HF3O2/c22-14-17-6-7-23-21(12-17)31(26,27)16-20-13-19(18-4-2-1-3-5-18)15-25(20)32(28,29)24-8-10-30-11-9-24;3-2(4,5)1(6)7/h1-7,12,19-20H,8-11,13-16,22H2;(H,6,7). The third-order valence-corrected chi connectivity index (χ3v) is 9.98. The predicted molar refractivity (Wildman–Crippen MR) is 133 cm³/mol. The fourth-order valence-electron chi connectivity index (χ4n) is 4.30. The summed E-state index contributed by atoms with van der Waals surface area (Å²) in [6, 6.07) is 12.0. The monoisotopic (exact) mass is 594 g/mol. The summed E-state index contributed by atoms with van der Waals surface area (Å²) in [6.45, 7) is 1.60. The van der Waals surface area contributed by atoms with Gasteiger partial charge in [-0.3, -0.25) is 0 Å². The van der Waals surface area contributed by atoms with E-state index in [9.17, 15) is 30.0 Å². The van der Waals surface area contributed by atoms with Crippen molar-refractivity contribution in [2.45, 2.75) is 36.1 Å². The molecule has 2 aliphatic heterocycles. The van der Waals surface area contributed by atoms with Crippen molar-refractivity contribution in [2.24, 2.45) is 5.73 Å². The summed E-state index contributed by atoms with van der Waals surface area (Å²) in [5, 5.41) is 7.05. The molecule has 1 aromatic carbocycles. The van der Waals surface area contributed by atoms with Crippen molar-refractivity contribution < 1.29 is 44.6 Å². The maximum Gasteiger partial charge on any atom is 0.490 e. The zero-order valence-corrected chi connectivity index (χ0v) is 22.3. The summed E-state index contributed by atoms with van der Waals surface area (Å²) in [5.74, 6) is -3.18. The van der Waals surface area contributed by atoms with Crippen LogP contribution >= 0.6 is 0 Å². The fraction of sp³-hybridized carbons (Fsp3) is 0.478. The lowest BCUT2D eigenvalue weighted by molar-refractivity contribution is -0.192. The van der Waals surface area contributed by atoms with Crippen molar-refractivity contribution >= 4 is 26.0 Å². The van der Waals surface area contributed by atoms with E-state index in [0.29, 0.717) is 25.2 Å². The number of hydrogen-bond donors (Lipinski definition) is 2. The smallest absolute Gasteiger partial charge is 0.475 e. The van der Waals surface area contributed by atoms with Crippen LogP contribution in [0.15, 0.2) is 53.7 Å². The van der Waals surface area contributed by atoms with E-state index < -0.39 is 38.2 Å². The number of hydrogen-bond acceptors (Lipinski definition) is 8. The van der Waals surface area contributed by atoms with Gasteiger partial charge in [-0.15, -0.1) is 0 Å². The summed E-state index contributed by atoms with van der Waals surface area (Å²) in [4.78, 5) is 12.9. The van der Waals surface area contributed by atoms with Crippen molar-refractivity contribution in [1.29, 1.82) is 0 Å². The van der Waals surface area contributed by atoms with Crippen LogP contribution in [0, 0.1) is 0 Å². The normalized spacial score (nSPS) is 21.2. The highest BCUT2D eigenvalue weighted by molar-refractivity contribution is 7.91. The highest BCUT2D eigenvalue weighted by atomic mass is 32.2. The summed E-state index contributed by atoms with van der Waals surface area (Å²) in [6.07, 6.45) is -3.25. The molecule has 11 nitrogen and oxygen atoms in total. The number of nitrogens with zero attached hydrogens (tertiary/aromatic N) is 3. The molecule has 0 bridgehead atoms. The second-order valence-corrected chi connectivity index (χ2v) is 12.7. The number of benzene rings is 1. The quantitative estimate of drug-likeness (QED) is 0.483. The molecule has 0 amide bonds. The number of carboxylic acid groups (broad SMARTS) is 1. The van der Waals surface area contributed by atoms with Gasteiger partial charge in [-0.1, -0.05) is 30.3 Å². The molecular formula is C23H29F3N4O7S2. The van der Waals surface area contributed by atoms with Crippen molar-refractivity contribution in [2.75, 3.05) is 38.6 Å². The van der Waals surface area contributed by atoms with E-state index in [1.165, 1.54) is 20.9 Å². The number of alkyl halides is 3. The summed E-state index contributed by atoms with van der Waals surface area (Å²) in [7, 11) is -7.66. The van der Waals surface area contributed by atoms with Gasteiger partial charge in [0.25, 0.3) is 10.2 Å². The molecule has 0 aliphatic carbocycles. The molecule has 2 atom stereocenters. The minimum Gasteiger partial charge on any atom is -0.475 e. The van der Waals surface area contributed by atoms with E-state index in [2.05, 4.69) is 4.98 Å². The van der Waals surface area contributed by atoms with Crippen LogP contribution in [0.5, 0.6) is 0 Å². The number of pyridine rings is 1. The van der Waals surface area contributed by atoms with E-state index in [1.54, 1.807) is 6.07 Å². The third kappa shape index (κ3) is 7.95. The second kappa shape index (κ2) is 12.7. The van der Waals surface area contributed by atoms with Crippen molar-refractivity contribution in [3.63, 3.8) is 0 Å². The third-order valence-electron chi connectivity index (χ3n) is 6.24. The Morgan fingerprint density at radius 2 is 1.72 bits per heavy atom. The highest BCUT2D eigenvalue weighted by Crippen LogP contribution is 2.36. The number of carbonyl (C=O) groups is 1. The Hall–Kier alpha value is -2.63. The zero-order chi connectivity index (χ0) is 28.8. The minimum absolute atomic E-state index is 0.0765. The van der Waals surface area contributed by atoms with E-state index in [1.807, 2.05) is 30.3 Å². The van der Waals surface area contributed by atoms with Gasteiger partial charge in [0.1, 0.15) is 0 Å². The number of morpholine rings is 1. The van der Waals surface area contributed by atoms with E-state index in [-0.39, 0.29) is 42.9 Å². The van der Waals surface area contributed by atoms with Gasteiger partial charge in [0, 0.05) is 38.4 Å². The molecule has 216 valence electrons. The summed E-state index contributed by atoms with van der Waals surface area (Å²) < 4.78 is 93.1. The Kier molecular flexibility index (Phi) is 10.1. The average molecular weight is 595 g/mol. The number of nitrogens with two attached hydrogens (primary N) is 1. The number of aromatic nitrogens is 1. The second-order valence-electron chi connectivity index (χ2n) is 8.88. The van der Waals surface area contributed by atoms with Gasteiger partial charge >= 0.3 is 12.1 Å². The molecule has 16 heteroatoms. The van der Waals surface area contributed by atoms with Crippen LogP contribution in [0.4, 0.5) is 13.2 Å². The number of carboxylic acids is 1. The average Bonchev–Trinajstić information content (AvgIpc) is 3.33. The van der Waals surface area contributed by atoms with Gasteiger partial charge < -0.3 is 15.6 Å². The molecule has 2 aromatic rings. The van der Waals surface area contributed by atoms with Crippen LogP contribution in [0.2, 0.25) is 0 Å². The van der Waals surface area contributed by atoms with Crippen LogP contribution in [-0.2, 0) is 36.1 Å². The molecular weight excluding hydrogens is 565 g/mol. The molecule has 1 aromatic heterocycles. The lowest BCUT2D eigenvalue weighted by atomic mass is 9.97. The summed E-state index contributed by atoms with van der Waals surface area (Å²) >= 11 is 0. The Morgan fingerprint density at radius 1 is 1.10 bits per heavy atom. The largest absolute Gasteiger partial charge is 0.490 e. The Bertz CT molecular complexity index is 1340. The first-order chi connectivity index (χ1) is 18.3. The van der Waals surface area contributed by atoms with Gasteiger partial charge in [-0.25, -0.2) is 18.2 Å². The number of halogens is 3. The lowest BCUT2D eigenvalue weighted by Crippen LogP contribution is -2.51. The molecule has 0 radical (unpaired) electrons. The lowest BCUT2D eigenvalue weighted by Gasteiger charge is -2.32. The maximum atomic E-state index is 13.5. The molecule has 3 heterocycles. The predicted octanol–water partition coefficient (Wildman–Crippen LogP) is 1.38. The molecule has 4 rings (SSSR count). The number of sulfone groups is 1. The van der Waals surface area contributed by atoms with Crippen molar-refractivity contribution in [1.82, 2.24) is 13.6 Å². The SMILES string of the molecule is NCc1ccnc(S(=O)(=O)CC2CC(c3ccccc3)CN2S(=O)(=O)N2CCOCC2)c1.O=C(O)C(F)(F)F. The van der Waals surface area contributed by atoms with Crippen LogP contribution in [-0.4, -0.2) is 92.3 Å². The number of ether oxygens (including phenoxy) is 1. The molecule has 2 saturated heterocycles. The fourth-order valence-corrected chi connectivity index (χ4v) is 7.75. The summed E-state index contributed by atoms with van der Waals surface area (Å²) in [5.41, 5.74) is 7.30. The van der Waals surface area contributed by atoms with Gasteiger partial charge in [0.05, 0.1) is 19.0 Å². The highest BCUT2D eigenvalue weighted by Gasteiger charge is 2.45. The van der Waals surface area contributed by atoms with Gasteiger partial charge in [0.2, 0.25) is 0 Å². The Balaban J connectivity index is 0.000000532. The van der Waals surface area contributed by atoms with E-state index in [0.717, 1.165) is 5.56 Å². The number of rotatable bonds is 7. The Morgan fingerprint density at radius 3 is 2.28 bits per heavy atom. The van der Waals surface area contributed by atoms with Crippen molar-refractivity contribution in [3.8, 4) is 0 Å². The first-order valence-electron chi connectivity index (χ1n) is 11.8. The molecule has 0 saturated carbocycles. The molecule has 2 fully saturated rings. The topological polar surface area (TPSA) is 160 Å². The van der Waals surface area contributed by atoms with Crippen LogP contribution in [0.3, 0.4) is 0 Å². The Labute approximate surface area is 224 Å². The first kappa shape index (κ1) is 30.9. The van der Waals surface area contributed by atoms with E-state index in [4.69, 9.17) is 20.4 Å². The van der Waals surface area contributed by atoms with Gasteiger partial charge in [-0.2, -0.15) is 30.2 Å². The molecule has 39 heavy (non-hydrogen) atoms. The maximum absolute atomic E-state index is 13.5. The molecule has 2 unspecified atom stereocenters. The van der Waals surface area contributed by atoms with Crippen molar-refractivity contribution in [3.05, 3.63) is 59.8 Å². The molecule has 3 N–H and O–H groups in total. The van der Waals surface area contributed by atoms with Crippen LogP contribution < -0.4 is 5.73 Å². The molecule has 2 aliphatic rings. The first-order valence-corrected chi connectivity index (χ1v) is 14.9.